The first-order valence-corrected chi connectivity index (χ1v) is 8.02. The van der Waals surface area contributed by atoms with Gasteiger partial charge >= 0.3 is 5.97 Å². The van der Waals surface area contributed by atoms with E-state index >= 15 is 0 Å². The Morgan fingerprint density at radius 2 is 2.06 bits per heavy atom. The van der Waals surface area contributed by atoms with Crippen molar-refractivity contribution < 1.29 is 14.1 Å². The Labute approximate surface area is 111 Å². The van der Waals surface area contributed by atoms with Crippen molar-refractivity contribution in [3.05, 3.63) is 0 Å². The van der Waals surface area contributed by atoms with Gasteiger partial charge < -0.3 is 15.3 Å². The Bertz CT molecular complexity index is 296. The highest BCUT2D eigenvalue weighted by molar-refractivity contribution is 7.85. The monoisotopic (exact) mass is 276 g/mol. The first-order chi connectivity index (χ1) is 8.54. The van der Waals surface area contributed by atoms with Crippen molar-refractivity contribution >= 4 is 16.8 Å². The fourth-order valence-corrected chi connectivity index (χ4v) is 3.48. The van der Waals surface area contributed by atoms with Crippen LogP contribution in [0.15, 0.2) is 0 Å². The van der Waals surface area contributed by atoms with E-state index in [1.807, 2.05) is 6.92 Å². The Hall–Kier alpha value is -0.460. The molecule has 18 heavy (non-hydrogen) atoms. The Balaban J connectivity index is 2.35. The Kier molecular flexibility index (Phi) is 6.25. The van der Waals surface area contributed by atoms with Crippen molar-refractivity contribution in [2.45, 2.75) is 31.7 Å². The van der Waals surface area contributed by atoms with Gasteiger partial charge in [-0.15, -0.1) is 0 Å². The van der Waals surface area contributed by atoms with Gasteiger partial charge in [0.25, 0.3) is 0 Å². The molecule has 0 aliphatic carbocycles. The third-order valence-electron chi connectivity index (χ3n) is 3.84. The minimum Gasteiger partial charge on any atom is -0.480 e. The summed E-state index contributed by atoms with van der Waals surface area (Å²) in [7, 11) is 1.07. The van der Waals surface area contributed by atoms with Crippen LogP contribution in [0.25, 0.3) is 0 Å². The second-order valence-corrected chi connectivity index (χ2v) is 6.48. The second kappa shape index (κ2) is 7.21. The molecule has 0 saturated carbocycles. The average molecular weight is 276 g/mol. The van der Waals surface area contributed by atoms with E-state index in [1.54, 1.807) is 7.05 Å². The van der Waals surface area contributed by atoms with Crippen molar-refractivity contribution in [3.63, 3.8) is 0 Å². The molecular formula is C12H24N2O3S. The molecule has 0 amide bonds. The third-order valence-corrected chi connectivity index (χ3v) is 5.12. The van der Waals surface area contributed by atoms with E-state index in [4.69, 9.17) is 0 Å². The van der Waals surface area contributed by atoms with Gasteiger partial charge in [0.05, 0.1) is 0 Å². The molecule has 0 aromatic heterocycles. The van der Waals surface area contributed by atoms with Gasteiger partial charge in [-0.25, -0.2) is 0 Å². The lowest BCUT2D eigenvalue weighted by atomic mass is 9.90. The van der Waals surface area contributed by atoms with Crippen molar-refractivity contribution in [2.24, 2.45) is 0 Å². The molecule has 0 aromatic carbocycles. The zero-order valence-corrected chi connectivity index (χ0v) is 12.1. The number of hydrogen-bond acceptors (Lipinski definition) is 4. The molecule has 6 heteroatoms. The fourth-order valence-electron chi connectivity index (χ4n) is 2.35. The van der Waals surface area contributed by atoms with Crippen LogP contribution in [-0.2, 0) is 15.6 Å². The smallest absolute Gasteiger partial charge is 0.323 e. The standard InChI is InChI=1S/C12H24N2O3S/c1-3-12(13-2,11(15)16)5-4-6-14-7-9-18(17)10-8-14/h13H,3-10H2,1-2H3,(H,15,16). The summed E-state index contributed by atoms with van der Waals surface area (Å²) in [5.74, 6) is 0.737. The molecule has 2 N–H and O–H groups in total. The Morgan fingerprint density at radius 3 is 2.50 bits per heavy atom. The van der Waals surface area contributed by atoms with E-state index < -0.39 is 22.3 Å². The predicted octanol–water partition coefficient (Wildman–Crippen LogP) is 0.284. The number of likely N-dealkylation sites (N-methyl/N-ethyl adjacent to an activating group) is 1. The number of nitrogens with one attached hydrogen (secondary N) is 1. The molecule has 106 valence electrons. The van der Waals surface area contributed by atoms with Gasteiger partial charge in [-0.3, -0.25) is 9.00 Å². The molecule has 1 rings (SSSR count). The van der Waals surface area contributed by atoms with E-state index in [2.05, 4.69) is 10.2 Å². The van der Waals surface area contributed by atoms with Gasteiger partial charge in [-0.2, -0.15) is 0 Å². The lowest BCUT2D eigenvalue weighted by Crippen LogP contribution is -2.50. The van der Waals surface area contributed by atoms with E-state index in [0.29, 0.717) is 12.8 Å². The van der Waals surface area contributed by atoms with Crippen molar-refractivity contribution in [2.75, 3.05) is 38.2 Å². The quantitative estimate of drug-likeness (QED) is 0.699. The maximum atomic E-state index is 11.3. The van der Waals surface area contributed by atoms with Crippen LogP contribution in [0.2, 0.25) is 0 Å². The normalized spacial score (nSPS) is 21.7. The predicted molar refractivity (Wildman–Crippen MR) is 73.3 cm³/mol. The topological polar surface area (TPSA) is 69.6 Å². The first kappa shape index (κ1) is 15.6. The van der Waals surface area contributed by atoms with Crippen LogP contribution in [0.4, 0.5) is 0 Å². The Morgan fingerprint density at radius 1 is 1.44 bits per heavy atom. The highest BCUT2D eigenvalue weighted by atomic mass is 32.2. The maximum absolute atomic E-state index is 11.3. The van der Waals surface area contributed by atoms with Crippen LogP contribution in [0.5, 0.6) is 0 Å². The molecule has 1 unspecified atom stereocenters. The molecule has 1 fully saturated rings. The number of rotatable bonds is 7. The zero-order valence-electron chi connectivity index (χ0n) is 11.3. The molecule has 1 saturated heterocycles. The molecule has 0 radical (unpaired) electrons. The molecule has 5 nitrogen and oxygen atoms in total. The summed E-state index contributed by atoms with van der Waals surface area (Å²) in [5.41, 5.74) is -0.793. The minimum absolute atomic E-state index is 0.586. The van der Waals surface area contributed by atoms with Gasteiger partial charge in [0.2, 0.25) is 0 Å². The lowest BCUT2D eigenvalue weighted by Gasteiger charge is -2.30. The molecule has 1 aliphatic heterocycles. The van der Waals surface area contributed by atoms with E-state index in [9.17, 15) is 14.1 Å². The van der Waals surface area contributed by atoms with Crippen molar-refractivity contribution in [1.82, 2.24) is 10.2 Å². The molecule has 0 bridgehead atoms. The van der Waals surface area contributed by atoms with Crippen LogP contribution in [0.1, 0.15) is 26.2 Å². The highest BCUT2D eigenvalue weighted by Crippen LogP contribution is 2.18. The average Bonchev–Trinajstić information content (AvgIpc) is 2.37. The fraction of sp³-hybridized carbons (Fsp3) is 0.917. The summed E-state index contributed by atoms with van der Waals surface area (Å²) < 4.78 is 11.2. The molecular weight excluding hydrogens is 252 g/mol. The summed E-state index contributed by atoms with van der Waals surface area (Å²) in [6, 6.07) is 0. The molecule has 1 aliphatic rings. The number of nitrogens with zero attached hydrogens (tertiary/aromatic N) is 1. The van der Waals surface area contributed by atoms with Gasteiger partial charge in [-0.1, -0.05) is 6.92 Å². The summed E-state index contributed by atoms with van der Waals surface area (Å²) in [5, 5.41) is 12.2. The van der Waals surface area contributed by atoms with Crippen LogP contribution in [0, 0.1) is 0 Å². The summed E-state index contributed by atoms with van der Waals surface area (Å²) in [4.78, 5) is 13.6. The second-order valence-electron chi connectivity index (χ2n) is 4.78. The van der Waals surface area contributed by atoms with Gasteiger partial charge in [0.1, 0.15) is 5.54 Å². The number of carboxylic acids is 1. The highest BCUT2D eigenvalue weighted by Gasteiger charge is 2.34. The number of carbonyl (C=O) groups is 1. The van der Waals surface area contributed by atoms with Crippen LogP contribution in [0.3, 0.4) is 0 Å². The molecule has 1 atom stereocenters. The summed E-state index contributed by atoms with van der Waals surface area (Å²) in [6.07, 6.45) is 2.07. The van der Waals surface area contributed by atoms with Crippen molar-refractivity contribution in [1.29, 1.82) is 0 Å². The SMILES string of the molecule is CCC(CCCN1CCS(=O)CC1)(NC)C(=O)O. The maximum Gasteiger partial charge on any atom is 0.323 e. The minimum atomic E-state index is -0.793. The van der Waals surface area contributed by atoms with Gasteiger partial charge in [-0.05, 0) is 32.9 Å². The van der Waals surface area contributed by atoms with E-state index in [1.165, 1.54) is 0 Å². The molecule has 0 spiro atoms. The van der Waals surface area contributed by atoms with E-state index in [0.717, 1.165) is 37.6 Å². The first-order valence-electron chi connectivity index (χ1n) is 6.53. The third kappa shape index (κ3) is 4.03. The van der Waals surface area contributed by atoms with Crippen LogP contribution >= 0.6 is 0 Å². The largest absolute Gasteiger partial charge is 0.480 e. The van der Waals surface area contributed by atoms with Crippen LogP contribution < -0.4 is 5.32 Å². The number of hydrogen-bond donors (Lipinski definition) is 2. The summed E-state index contributed by atoms with van der Waals surface area (Å²) >= 11 is 0. The van der Waals surface area contributed by atoms with Gasteiger partial charge in [0.15, 0.2) is 0 Å². The summed E-state index contributed by atoms with van der Waals surface area (Å²) in [6.45, 7) is 4.54. The molecule has 0 aromatic rings. The number of aliphatic carboxylic acids is 1. The van der Waals surface area contributed by atoms with Crippen LogP contribution in [-0.4, -0.2) is 63.9 Å². The molecule has 1 heterocycles. The van der Waals surface area contributed by atoms with E-state index in [-0.39, 0.29) is 0 Å². The van der Waals surface area contributed by atoms with Crippen molar-refractivity contribution in [3.8, 4) is 0 Å². The lowest BCUT2D eigenvalue weighted by molar-refractivity contribution is -0.145. The zero-order chi connectivity index (χ0) is 13.6. The van der Waals surface area contributed by atoms with Gasteiger partial charge in [0, 0.05) is 35.4 Å². The number of carboxylic acid groups (broad SMARTS) is 1.